The van der Waals surface area contributed by atoms with E-state index in [1.54, 1.807) is 6.20 Å². The second-order valence-electron chi connectivity index (χ2n) is 4.42. The molecule has 1 unspecified atom stereocenters. The quantitative estimate of drug-likeness (QED) is 0.838. The molecular weight excluding hydrogens is 214 g/mol. The van der Waals surface area contributed by atoms with Gasteiger partial charge in [-0.1, -0.05) is 6.07 Å². The van der Waals surface area contributed by atoms with Gasteiger partial charge in [-0.15, -0.1) is 0 Å². The SMILES string of the molecule is CNC1CCCN(CCc2cccnc2)C1=O. The van der Waals surface area contributed by atoms with E-state index in [1.807, 2.05) is 24.2 Å². The number of likely N-dealkylation sites (tertiary alicyclic amines) is 1. The zero-order valence-corrected chi connectivity index (χ0v) is 10.2. The second kappa shape index (κ2) is 5.77. The van der Waals surface area contributed by atoms with Gasteiger partial charge >= 0.3 is 0 Å². The fraction of sp³-hybridized carbons (Fsp3) is 0.538. The minimum atomic E-state index is 0.0117. The summed E-state index contributed by atoms with van der Waals surface area (Å²) in [5.41, 5.74) is 1.19. The van der Waals surface area contributed by atoms with E-state index in [0.717, 1.165) is 32.4 Å². The van der Waals surface area contributed by atoms with Gasteiger partial charge < -0.3 is 10.2 Å². The first-order chi connectivity index (χ1) is 8.31. The number of hydrogen-bond donors (Lipinski definition) is 1. The Morgan fingerprint density at radius 1 is 1.59 bits per heavy atom. The maximum Gasteiger partial charge on any atom is 0.239 e. The van der Waals surface area contributed by atoms with Crippen LogP contribution in [0, 0.1) is 0 Å². The Balaban J connectivity index is 1.88. The topological polar surface area (TPSA) is 45.2 Å². The van der Waals surface area contributed by atoms with Crippen LogP contribution in [0.1, 0.15) is 18.4 Å². The van der Waals surface area contributed by atoms with Gasteiger partial charge in [0.1, 0.15) is 0 Å². The first-order valence-electron chi connectivity index (χ1n) is 6.16. The summed E-state index contributed by atoms with van der Waals surface area (Å²) in [5, 5.41) is 3.08. The Morgan fingerprint density at radius 3 is 3.18 bits per heavy atom. The Hall–Kier alpha value is -1.42. The molecule has 0 radical (unpaired) electrons. The van der Waals surface area contributed by atoms with Crippen molar-refractivity contribution in [3.05, 3.63) is 30.1 Å². The predicted molar refractivity (Wildman–Crippen MR) is 66.6 cm³/mol. The van der Waals surface area contributed by atoms with Crippen LogP contribution in [0.3, 0.4) is 0 Å². The van der Waals surface area contributed by atoms with E-state index in [-0.39, 0.29) is 11.9 Å². The molecule has 17 heavy (non-hydrogen) atoms. The molecule has 4 nitrogen and oxygen atoms in total. The highest BCUT2D eigenvalue weighted by atomic mass is 16.2. The molecule has 1 aromatic rings. The standard InChI is InChI=1S/C13H19N3O/c1-14-12-5-3-8-16(13(12)17)9-6-11-4-2-7-15-10-11/h2,4,7,10,12,14H,3,5-6,8-9H2,1H3. The summed E-state index contributed by atoms with van der Waals surface area (Å²) in [4.78, 5) is 18.1. The van der Waals surface area contributed by atoms with E-state index in [4.69, 9.17) is 0 Å². The van der Waals surface area contributed by atoms with Crippen molar-refractivity contribution in [3.8, 4) is 0 Å². The van der Waals surface area contributed by atoms with Crippen molar-refractivity contribution in [2.75, 3.05) is 20.1 Å². The molecule has 0 aliphatic carbocycles. The van der Waals surface area contributed by atoms with Gasteiger partial charge in [0.15, 0.2) is 0 Å². The van der Waals surface area contributed by atoms with Gasteiger partial charge in [-0.3, -0.25) is 9.78 Å². The van der Waals surface area contributed by atoms with Crippen molar-refractivity contribution in [3.63, 3.8) is 0 Å². The number of piperidine rings is 1. The van der Waals surface area contributed by atoms with Crippen molar-refractivity contribution in [2.24, 2.45) is 0 Å². The van der Waals surface area contributed by atoms with Crippen LogP contribution >= 0.6 is 0 Å². The maximum atomic E-state index is 12.0. The third-order valence-electron chi connectivity index (χ3n) is 3.27. The summed E-state index contributed by atoms with van der Waals surface area (Å²) in [6, 6.07) is 4.00. The molecule has 0 spiro atoms. The minimum Gasteiger partial charge on any atom is -0.341 e. The lowest BCUT2D eigenvalue weighted by molar-refractivity contribution is -0.135. The lowest BCUT2D eigenvalue weighted by Crippen LogP contribution is -2.50. The predicted octanol–water partition coefficient (Wildman–Crippen LogP) is 0.834. The first-order valence-corrected chi connectivity index (χ1v) is 6.16. The van der Waals surface area contributed by atoms with Crippen LogP contribution in [0.5, 0.6) is 0 Å². The van der Waals surface area contributed by atoms with Crippen molar-refractivity contribution in [1.82, 2.24) is 15.2 Å². The zero-order valence-electron chi connectivity index (χ0n) is 10.2. The highest BCUT2D eigenvalue weighted by molar-refractivity contribution is 5.82. The fourth-order valence-corrected chi connectivity index (χ4v) is 2.24. The lowest BCUT2D eigenvalue weighted by atomic mass is 10.0. The lowest BCUT2D eigenvalue weighted by Gasteiger charge is -2.32. The molecule has 2 rings (SSSR count). The molecule has 1 fully saturated rings. The van der Waals surface area contributed by atoms with Gasteiger partial charge in [-0.25, -0.2) is 0 Å². The molecule has 1 aliphatic rings. The number of likely N-dealkylation sites (N-methyl/N-ethyl adjacent to an activating group) is 1. The Kier molecular flexibility index (Phi) is 4.09. The van der Waals surface area contributed by atoms with E-state index < -0.39 is 0 Å². The molecule has 1 saturated heterocycles. The third-order valence-corrected chi connectivity index (χ3v) is 3.27. The normalized spacial score (nSPS) is 20.6. The number of hydrogen-bond acceptors (Lipinski definition) is 3. The summed E-state index contributed by atoms with van der Waals surface area (Å²) < 4.78 is 0. The average molecular weight is 233 g/mol. The van der Waals surface area contributed by atoms with Gasteiger partial charge in [0.05, 0.1) is 6.04 Å². The minimum absolute atomic E-state index is 0.0117. The van der Waals surface area contributed by atoms with Crippen LogP contribution in [0.2, 0.25) is 0 Å². The third kappa shape index (κ3) is 3.03. The first kappa shape index (κ1) is 12.0. The maximum absolute atomic E-state index is 12.0. The Bertz CT molecular complexity index is 366. The molecule has 0 saturated carbocycles. The molecule has 1 aromatic heterocycles. The number of amides is 1. The molecule has 0 bridgehead atoms. The van der Waals surface area contributed by atoms with E-state index in [1.165, 1.54) is 5.56 Å². The molecule has 92 valence electrons. The Labute approximate surface area is 102 Å². The molecule has 1 N–H and O–H groups in total. The number of carbonyl (C=O) groups is 1. The van der Waals surface area contributed by atoms with Crippen molar-refractivity contribution in [1.29, 1.82) is 0 Å². The summed E-state index contributed by atoms with van der Waals surface area (Å²) in [5.74, 6) is 0.239. The Morgan fingerprint density at radius 2 is 2.47 bits per heavy atom. The van der Waals surface area contributed by atoms with Gasteiger partial charge in [-0.05, 0) is 37.9 Å². The molecular formula is C13H19N3O. The van der Waals surface area contributed by atoms with Gasteiger partial charge in [0.25, 0.3) is 0 Å². The van der Waals surface area contributed by atoms with Gasteiger partial charge in [-0.2, -0.15) is 0 Å². The smallest absolute Gasteiger partial charge is 0.239 e. The second-order valence-corrected chi connectivity index (χ2v) is 4.42. The summed E-state index contributed by atoms with van der Waals surface area (Å²) in [6.07, 6.45) is 6.57. The molecule has 4 heteroatoms. The van der Waals surface area contributed by atoms with E-state index in [0.29, 0.717) is 0 Å². The number of nitrogens with zero attached hydrogens (tertiary/aromatic N) is 2. The van der Waals surface area contributed by atoms with Crippen molar-refractivity contribution >= 4 is 5.91 Å². The van der Waals surface area contributed by atoms with Crippen LogP contribution in [-0.4, -0.2) is 42.0 Å². The van der Waals surface area contributed by atoms with Gasteiger partial charge in [0.2, 0.25) is 5.91 Å². The van der Waals surface area contributed by atoms with Crippen molar-refractivity contribution < 1.29 is 4.79 Å². The number of rotatable bonds is 4. The highest BCUT2D eigenvalue weighted by Crippen LogP contribution is 2.12. The van der Waals surface area contributed by atoms with Crippen LogP contribution < -0.4 is 5.32 Å². The summed E-state index contributed by atoms with van der Waals surface area (Å²) in [6.45, 7) is 1.68. The number of nitrogens with one attached hydrogen (secondary N) is 1. The van der Waals surface area contributed by atoms with Crippen LogP contribution in [-0.2, 0) is 11.2 Å². The number of aromatic nitrogens is 1. The largest absolute Gasteiger partial charge is 0.341 e. The molecule has 1 atom stereocenters. The van der Waals surface area contributed by atoms with E-state index in [2.05, 4.69) is 16.4 Å². The van der Waals surface area contributed by atoms with Crippen LogP contribution in [0.25, 0.3) is 0 Å². The molecule has 1 amide bonds. The molecule has 0 aromatic carbocycles. The zero-order chi connectivity index (χ0) is 12.1. The summed E-state index contributed by atoms with van der Waals surface area (Å²) in [7, 11) is 1.85. The van der Waals surface area contributed by atoms with Gasteiger partial charge in [0, 0.05) is 25.5 Å². The van der Waals surface area contributed by atoms with Crippen LogP contribution in [0.15, 0.2) is 24.5 Å². The fourth-order valence-electron chi connectivity index (χ4n) is 2.24. The van der Waals surface area contributed by atoms with E-state index >= 15 is 0 Å². The number of pyridine rings is 1. The van der Waals surface area contributed by atoms with Crippen LogP contribution in [0.4, 0.5) is 0 Å². The highest BCUT2D eigenvalue weighted by Gasteiger charge is 2.26. The monoisotopic (exact) mass is 233 g/mol. The number of carbonyl (C=O) groups excluding carboxylic acids is 1. The average Bonchev–Trinajstić information content (AvgIpc) is 2.39. The molecule has 1 aliphatic heterocycles. The van der Waals surface area contributed by atoms with E-state index in [9.17, 15) is 4.79 Å². The molecule has 2 heterocycles. The summed E-state index contributed by atoms with van der Waals surface area (Å²) >= 11 is 0. The van der Waals surface area contributed by atoms with Crippen molar-refractivity contribution in [2.45, 2.75) is 25.3 Å².